The van der Waals surface area contributed by atoms with Gasteiger partial charge < -0.3 is 4.98 Å². The fraction of sp³-hybridized carbons (Fsp3) is 0.273. The van der Waals surface area contributed by atoms with E-state index in [9.17, 15) is 9.59 Å². The van der Waals surface area contributed by atoms with Crippen molar-refractivity contribution in [2.45, 2.75) is 39.3 Å². The van der Waals surface area contributed by atoms with Crippen molar-refractivity contribution in [3.8, 4) is 0 Å². The standard InChI is InChI=1S/C22H23N5O2/c1-2-3-12-26-20-19(24-18(25-20)13-17-10-7-11-23-14-17)21(28)27(22(26)29)15-16-8-5-4-6-9-16/h4-11,14H,2-3,12-13,15H2,1H3,(H,24,25). The number of hydrogen-bond acceptors (Lipinski definition) is 4. The van der Waals surface area contributed by atoms with E-state index in [0.29, 0.717) is 30.0 Å². The van der Waals surface area contributed by atoms with E-state index in [-0.39, 0.29) is 17.8 Å². The van der Waals surface area contributed by atoms with Crippen molar-refractivity contribution in [1.82, 2.24) is 24.1 Å². The van der Waals surface area contributed by atoms with Gasteiger partial charge in [-0.3, -0.25) is 18.9 Å². The number of benzene rings is 1. The fourth-order valence-corrected chi connectivity index (χ4v) is 3.42. The van der Waals surface area contributed by atoms with E-state index in [1.54, 1.807) is 17.0 Å². The van der Waals surface area contributed by atoms with Gasteiger partial charge in [-0.15, -0.1) is 0 Å². The van der Waals surface area contributed by atoms with Crippen LogP contribution in [-0.4, -0.2) is 24.1 Å². The molecule has 1 aromatic carbocycles. The van der Waals surface area contributed by atoms with Crippen LogP contribution in [0.2, 0.25) is 0 Å². The smallest absolute Gasteiger partial charge is 0.333 e. The Morgan fingerprint density at radius 3 is 2.52 bits per heavy atom. The summed E-state index contributed by atoms with van der Waals surface area (Å²) in [6, 6.07) is 13.3. The van der Waals surface area contributed by atoms with Crippen LogP contribution in [0.15, 0.2) is 64.4 Å². The molecular formula is C22H23N5O2. The van der Waals surface area contributed by atoms with Crippen LogP contribution in [0.3, 0.4) is 0 Å². The largest absolute Gasteiger partial charge is 0.336 e. The second kappa shape index (κ2) is 8.26. The number of imidazole rings is 1. The molecule has 1 N–H and O–H groups in total. The number of H-pyrrole nitrogens is 1. The van der Waals surface area contributed by atoms with Gasteiger partial charge in [0.15, 0.2) is 5.65 Å². The Labute approximate surface area is 167 Å². The zero-order chi connectivity index (χ0) is 20.2. The Morgan fingerprint density at radius 2 is 1.79 bits per heavy atom. The monoisotopic (exact) mass is 389 g/mol. The lowest BCUT2D eigenvalue weighted by molar-refractivity contribution is 0.569. The number of aryl methyl sites for hydroxylation is 1. The van der Waals surface area contributed by atoms with Gasteiger partial charge in [0.1, 0.15) is 11.3 Å². The molecule has 0 amide bonds. The number of nitrogens with zero attached hydrogens (tertiary/aromatic N) is 4. The van der Waals surface area contributed by atoms with Crippen LogP contribution in [0.5, 0.6) is 0 Å². The average molecular weight is 389 g/mol. The van der Waals surface area contributed by atoms with Gasteiger partial charge in [-0.2, -0.15) is 0 Å². The van der Waals surface area contributed by atoms with E-state index in [2.05, 4.69) is 21.9 Å². The number of unbranched alkanes of at least 4 members (excludes halogenated alkanes) is 1. The number of pyridine rings is 1. The van der Waals surface area contributed by atoms with E-state index in [1.165, 1.54) is 4.57 Å². The first-order valence-electron chi connectivity index (χ1n) is 9.82. The lowest BCUT2D eigenvalue weighted by Gasteiger charge is -2.11. The Hall–Kier alpha value is -3.48. The topological polar surface area (TPSA) is 85.6 Å². The zero-order valence-corrected chi connectivity index (χ0v) is 16.3. The molecule has 7 nitrogen and oxygen atoms in total. The van der Waals surface area contributed by atoms with Crippen LogP contribution in [0.1, 0.15) is 36.7 Å². The average Bonchev–Trinajstić information content (AvgIpc) is 3.16. The first-order valence-corrected chi connectivity index (χ1v) is 9.82. The van der Waals surface area contributed by atoms with Crippen LogP contribution in [0.25, 0.3) is 11.2 Å². The Morgan fingerprint density at radius 1 is 1.00 bits per heavy atom. The number of aromatic amines is 1. The second-order valence-corrected chi connectivity index (χ2v) is 7.08. The van der Waals surface area contributed by atoms with Gasteiger partial charge in [-0.25, -0.2) is 9.78 Å². The quantitative estimate of drug-likeness (QED) is 0.527. The third-order valence-electron chi connectivity index (χ3n) is 4.92. The molecule has 0 aliphatic carbocycles. The molecule has 4 aromatic rings. The Bertz CT molecular complexity index is 1220. The van der Waals surface area contributed by atoms with Crippen LogP contribution in [-0.2, 0) is 19.5 Å². The number of fused-ring (bicyclic) bond motifs is 1. The Balaban J connectivity index is 1.83. The second-order valence-electron chi connectivity index (χ2n) is 7.08. The van der Waals surface area contributed by atoms with Crippen molar-refractivity contribution in [1.29, 1.82) is 0 Å². The van der Waals surface area contributed by atoms with Crippen LogP contribution < -0.4 is 11.2 Å². The molecule has 0 aliphatic rings. The number of nitrogens with one attached hydrogen (secondary N) is 1. The van der Waals surface area contributed by atoms with Gasteiger partial charge in [-0.1, -0.05) is 49.7 Å². The van der Waals surface area contributed by atoms with Crippen molar-refractivity contribution in [2.75, 3.05) is 0 Å². The number of rotatable bonds is 7. The first kappa shape index (κ1) is 18.9. The fourth-order valence-electron chi connectivity index (χ4n) is 3.42. The van der Waals surface area contributed by atoms with Gasteiger partial charge in [0.2, 0.25) is 0 Å². The highest BCUT2D eigenvalue weighted by molar-refractivity contribution is 5.70. The molecule has 4 rings (SSSR count). The summed E-state index contributed by atoms with van der Waals surface area (Å²) >= 11 is 0. The molecule has 148 valence electrons. The molecule has 0 unspecified atom stereocenters. The minimum absolute atomic E-state index is 0.234. The van der Waals surface area contributed by atoms with Crippen molar-refractivity contribution < 1.29 is 0 Å². The molecule has 29 heavy (non-hydrogen) atoms. The lowest BCUT2D eigenvalue weighted by Crippen LogP contribution is -2.40. The minimum Gasteiger partial charge on any atom is -0.336 e. The zero-order valence-electron chi connectivity index (χ0n) is 16.3. The molecule has 0 fully saturated rings. The Kier molecular flexibility index (Phi) is 5.37. The highest BCUT2D eigenvalue weighted by atomic mass is 16.2. The predicted molar refractivity (Wildman–Crippen MR) is 112 cm³/mol. The van der Waals surface area contributed by atoms with E-state index in [0.717, 1.165) is 24.0 Å². The predicted octanol–water partition coefficient (Wildman–Crippen LogP) is 2.72. The normalized spacial score (nSPS) is 11.2. The molecule has 7 heteroatoms. The molecule has 3 aromatic heterocycles. The summed E-state index contributed by atoms with van der Waals surface area (Å²) in [6.45, 7) is 2.83. The molecule has 3 heterocycles. The van der Waals surface area contributed by atoms with Crippen molar-refractivity contribution in [3.63, 3.8) is 0 Å². The molecule has 0 saturated carbocycles. The molecular weight excluding hydrogens is 366 g/mol. The summed E-state index contributed by atoms with van der Waals surface area (Å²) in [7, 11) is 0. The van der Waals surface area contributed by atoms with Gasteiger partial charge in [0.05, 0.1) is 6.54 Å². The SMILES string of the molecule is CCCCn1c(=O)n(Cc2ccccc2)c(=O)c2[nH]c(Cc3cccnc3)nc21. The molecule has 0 bridgehead atoms. The maximum Gasteiger partial charge on any atom is 0.333 e. The van der Waals surface area contributed by atoms with Crippen LogP contribution in [0.4, 0.5) is 0 Å². The highest BCUT2D eigenvalue weighted by Gasteiger charge is 2.17. The van der Waals surface area contributed by atoms with E-state index < -0.39 is 0 Å². The highest BCUT2D eigenvalue weighted by Crippen LogP contribution is 2.11. The van der Waals surface area contributed by atoms with Crippen molar-refractivity contribution in [2.24, 2.45) is 0 Å². The van der Waals surface area contributed by atoms with Gasteiger partial charge in [0.25, 0.3) is 5.56 Å². The van der Waals surface area contributed by atoms with Crippen LogP contribution in [0, 0.1) is 0 Å². The van der Waals surface area contributed by atoms with Gasteiger partial charge >= 0.3 is 5.69 Å². The van der Waals surface area contributed by atoms with E-state index in [1.807, 2.05) is 42.5 Å². The summed E-state index contributed by atoms with van der Waals surface area (Å²) in [5.41, 5.74) is 2.03. The lowest BCUT2D eigenvalue weighted by atomic mass is 10.2. The van der Waals surface area contributed by atoms with Crippen molar-refractivity contribution >= 4 is 11.2 Å². The summed E-state index contributed by atoms with van der Waals surface area (Å²) in [4.78, 5) is 38.1. The summed E-state index contributed by atoms with van der Waals surface area (Å²) in [5, 5.41) is 0. The summed E-state index contributed by atoms with van der Waals surface area (Å²) in [6.07, 6.45) is 5.78. The molecule has 0 saturated heterocycles. The van der Waals surface area contributed by atoms with Crippen LogP contribution >= 0.6 is 0 Å². The third-order valence-corrected chi connectivity index (χ3v) is 4.92. The molecule has 0 atom stereocenters. The minimum atomic E-state index is -0.341. The van der Waals surface area contributed by atoms with Crippen molar-refractivity contribution in [3.05, 3.63) is 92.6 Å². The van der Waals surface area contributed by atoms with E-state index >= 15 is 0 Å². The molecule has 0 radical (unpaired) electrons. The first-order chi connectivity index (χ1) is 14.2. The number of aromatic nitrogens is 5. The molecule has 0 aliphatic heterocycles. The maximum atomic E-state index is 13.1. The van der Waals surface area contributed by atoms with E-state index in [4.69, 9.17) is 0 Å². The van der Waals surface area contributed by atoms with Gasteiger partial charge in [-0.05, 0) is 23.6 Å². The maximum absolute atomic E-state index is 13.1. The van der Waals surface area contributed by atoms with Gasteiger partial charge in [0, 0.05) is 25.4 Å². The number of hydrogen-bond donors (Lipinski definition) is 1. The third kappa shape index (κ3) is 3.89. The summed E-state index contributed by atoms with van der Waals surface area (Å²) in [5.74, 6) is 0.646. The summed E-state index contributed by atoms with van der Waals surface area (Å²) < 4.78 is 2.91. The molecule has 0 spiro atoms.